The van der Waals surface area contributed by atoms with Crippen molar-refractivity contribution in [3.8, 4) is 11.3 Å². The summed E-state index contributed by atoms with van der Waals surface area (Å²) in [5, 5.41) is 24.2. The van der Waals surface area contributed by atoms with E-state index in [4.69, 9.17) is 16.7 Å². The maximum Gasteiger partial charge on any atom is 0.269 e. The third kappa shape index (κ3) is 4.07. The lowest BCUT2D eigenvalue weighted by atomic mass is 10.0. The molecule has 1 atom stereocenters. The minimum atomic E-state index is -1.06. The van der Waals surface area contributed by atoms with Gasteiger partial charge >= 0.3 is 0 Å². The van der Waals surface area contributed by atoms with Crippen LogP contribution in [0.3, 0.4) is 0 Å². The number of hydrogen-bond donors (Lipinski definition) is 3. The van der Waals surface area contributed by atoms with Crippen molar-refractivity contribution in [2.45, 2.75) is 25.4 Å². The highest BCUT2D eigenvalue weighted by atomic mass is 35.5. The molecular weight excluding hydrogens is 374 g/mol. The fraction of sp³-hybridized carbons (Fsp3) is 0.333. The maximum absolute atomic E-state index is 12.5. The lowest BCUT2D eigenvalue weighted by Gasteiger charge is -2.23. The summed E-state index contributed by atoms with van der Waals surface area (Å²) >= 11 is 7.59. The molecule has 0 saturated heterocycles. The normalized spacial score (nSPS) is 13.7. The van der Waals surface area contributed by atoms with Gasteiger partial charge in [0.15, 0.2) is 4.96 Å². The van der Waals surface area contributed by atoms with Gasteiger partial charge in [-0.2, -0.15) is 0 Å². The van der Waals surface area contributed by atoms with Gasteiger partial charge in [0.1, 0.15) is 5.69 Å². The van der Waals surface area contributed by atoms with E-state index in [0.29, 0.717) is 34.2 Å². The van der Waals surface area contributed by atoms with Gasteiger partial charge in [0.25, 0.3) is 5.91 Å². The average Bonchev–Trinajstić information content (AvgIpc) is 3.19. The van der Waals surface area contributed by atoms with Gasteiger partial charge in [-0.15, -0.1) is 11.3 Å². The molecule has 0 bridgehead atoms. The van der Waals surface area contributed by atoms with Crippen molar-refractivity contribution in [2.24, 2.45) is 0 Å². The maximum atomic E-state index is 12.5. The minimum absolute atomic E-state index is 0.00904. The van der Waals surface area contributed by atoms with Crippen LogP contribution in [-0.4, -0.2) is 44.3 Å². The zero-order valence-corrected chi connectivity index (χ0v) is 15.8. The summed E-state index contributed by atoms with van der Waals surface area (Å²) < 4.78 is 1.72. The number of rotatable bonds is 7. The van der Waals surface area contributed by atoms with Crippen LogP contribution in [-0.2, 0) is 0 Å². The molecule has 3 rings (SSSR count). The number of fused-ring (bicyclic) bond motifs is 1. The van der Waals surface area contributed by atoms with Crippen LogP contribution in [0.4, 0.5) is 0 Å². The van der Waals surface area contributed by atoms with Gasteiger partial charge in [0.2, 0.25) is 0 Å². The van der Waals surface area contributed by atoms with E-state index >= 15 is 0 Å². The van der Waals surface area contributed by atoms with Crippen LogP contribution >= 0.6 is 22.9 Å². The Morgan fingerprint density at radius 2 is 2.19 bits per heavy atom. The highest BCUT2D eigenvalue weighted by Crippen LogP contribution is 2.29. The molecule has 0 unspecified atom stereocenters. The summed E-state index contributed by atoms with van der Waals surface area (Å²) in [7, 11) is 0. The van der Waals surface area contributed by atoms with Gasteiger partial charge in [0, 0.05) is 30.3 Å². The minimum Gasteiger partial charge on any atom is -0.396 e. The van der Waals surface area contributed by atoms with Gasteiger partial charge < -0.3 is 15.5 Å². The average molecular weight is 394 g/mol. The molecule has 0 spiro atoms. The first kappa shape index (κ1) is 18.8. The lowest BCUT2D eigenvalue weighted by Crippen LogP contribution is -2.41. The summed E-state index contributed by atoms with van der Waals surface area (Å²) in [6.45, 7) is 1.75. The number of aliphatic hydroxyl groups is 2. The SMILES string of the molecule is C[C@](O)(CCCO)CNC(=O)c1csc2nc(-c3ccccc3Cl)cn12. The highest BCUT2D eigenvalue weighted by molar-refractivity contribution is 7.15. The van der Waals surface area contributed by atoms with Crippen LogP contribution in [0.25, 0.3) is 16.2 Å². The molecule has 2 heterocycles. The quantitative estimate of drug-likeness (QED) is 0.576. The smallest absolute Gasteiger partial charge is 0.269 e. The molecule has 0 aliphatic heterocycles. The molecule has 1 amide bonds. The first-order valence-corrected chi connectivity index (χ1v) is 9.50. The fourth-order valence-electron chi connectivity index (χ4n) is 2.66. The predicted octanol–water partition coefficient (Wildman–Crippen LogP) is 2.97. The Bertz CT molecular complexity index is 919. The van der Waals surface area contributed by atoms with E-state index in [2.05, 4.69) is 10.3 Å². The Hall–Kier alpha value is -1.93. The van der Waals surface area contributed by atoms with Gasteiger partial charge in [-0.25, -0.2) is 4.98 Å². The van der Waals surface area contributed by atoms with E-state index in [1.165, 1.54) is 11.3 Å². The van der Waals surface area contributed by atoms with E-state index in [-0.39, 0.29) is 19.1 Å². The number of amides is 1. The van der Waals surface area contributed by atoms with E-state index in [1.54, 1.807) is 29.0 Å². The monoisotopic (exact) mass is 393 g/mol. The predicted molar refractivity (Wildman–Crippen MR) is 103 cm³/mol. The number of nitrogens with zero attached hydrogens (tertiary/aromatic N) is 2. The van der Waals surface area contributed by atoms with Crippen molar-refractivity contribution in [1.82, 2.24) is 14.7 Å². The molecule has 0 saturated carbocycles. The first-order valence-electron chi connectivity index (χ1n) is 8.24. The topological polar surface area (TPSA) is 86.9 Å². The molecule has 1 aromatic carbocycles. The molecule has 26 heavy (non-hydrogen) atoms. The third-order valence-corrected chi connectivity index (χ3v) is 5.26. The standard InChI is InChI=1S/C18H20ClN3O3S/c1-18(25,7-4-8-23)11-20-16(24)15-10-26-17-21-14(9-22(15)17)12-5-2-3-6-13(12)19/h2-3,5-6,9-10,23,25H,4,7-8,11H2,1H3,(H,20,24)/t18-/m0/s1. The molecule has 6 nitrogen and oxygen atoms in total. The molecule has 2 aromatic heterocycles. The Morgan fingerprint density at radius 3 is 2.92 bits per heavy atom. The Kier molecular flexibility index (Phi) is 5.62. The van der Waals surface area contributed by atoms with Crippen molar-refractivity contribution in [3.63, 3.8) is 0 Å². The third-order valence-electron chi connectivity index (χ3n) is 4.09. The molecule has 3 N–H and O–H groups in total. The van der Waals surface area contributed by atoms with Gasteiger partial charge in [-0.1, -0.05) is 29.8 Å². The van der Waals surface area contributed by atoms with Crippen LogP contribution in [0.15, 0.2) is 35.8 Å². The van der Waals surface area contributed by atoms with Gasteiger partial charge in [-0.05, 0) is 25.8 Å². The second kappa shape index (κ2) is 7.75. The number of aromatic nitrogens is 2. The van der Waals surface area contributed by atoms with Crippen molar-refractivity contribution >= 4 is 33.8 Å². The fourth-order valence-corrected chi connectivity index (χ4v) is 3.74. The number of thiazole rings is 1. The molecule has 0 radical (unpaired) electrons. The molecule has 8 heteroatoms. The van der Waals surface area contributed by atoms with E-state index < -0.39 is 5.60 Å². The largest absolute Gasteiger partial charge is 0.396 e. The van der Waals surface area contributed by atoms with Crippen LogP contribution in [0.1, 0.15) is 30.3 Å². The second-order valence-corrected chi connectivity index (χ2v) is 7.63. The number of halogens is 1. The van der Waals surface area contributed by atoms with E-state index in [9.17, 15) is 9.90 Å². The Labute approximate surface area is 160 Å². The molecule has 138 valence electrons. The number of imidazole rings is 1. The van der Waals surface area contributed by atoms with Crippen LogP contribution in [0.2, 0.25) is 5.02 Å². The van der Waals surface area contributed by atoms with Crippen LogP contribution in [0, 0.1) is 0 Å². The summed E-state index contributed by atoms with van der Waals surface area (Å²) in [6, 6.07) is 7.42. The highest BCUT2D eigenvalue weighted by Gasteiger charge is 2.22. The van der Waals surface area contributed by atoms with Crippen molar-refractivity contribution in [1.29, 1.82) is 0 Å². The second-order valence-electron chi connectivity index (χ2n) is 6.39. The Morgan fingerprint density at radius 1 is 1.42 bits per heavy atom. The van der Waals surface area contributed by atoms with Crippen LogP contribution in [0.5, 0.6) is 0 Å². The molecule has 0 aliphatic carbocycles. The number of hydrogen-bond acceptors (Lipinski definition) is 5. The van der Waals surface area contributed by atoms with Crippen molar-refractivity contribution in [3.05, 3.63) is 46.6 Å². The molecule has 0 aliphatic rings. The van der Waals surface area contributed by atoms with E-state index in [0.717, 1.165) is 5.56 Å². The van der Waals surface area contributed by atoms with Crippen molar-refractivity contribution in [2.75, 3.05) is 13.2 Å². The van der Waals surface area contributed by atoms with Gasteiger partial charge in [0.05, 0.1) is 16.3 Å². The van der Waals surface area contributed by atoms with E-state index in [1.807, 2.05) is 18.2 Å². The molecular formula is C18H20ClN3O3S. The number of benzene rings is 1. The Balaban J connectivity index is 1.78. The zero-order chi connectivity index (χ0) is 18.7. The molecule has 0 fully saturated rings. The lowest BCUT2D eigenvalue weighted by molar-refractivity contribution is 0.0414. The number of nitrogens with one attached hydrogen (secondary N) is 1. The number of carbonyl (C=O) groups is 1. The molecule has 3 aromatic rings. The summed E-state index contributed by atoms with van der Waals surface area (Å²) in [5.41, 5.74) is 0.897. The summed E-state index contributed by atoms with van der Waals surface area (Å²) in [4.78, 5) is 17.7. The van der Waals surface area contributed by atoms with Gasteiger partial charge in [-0.3, -0.25) is 9.20 Å². The van der Waals surface area contributed by atoms with Crippen molar-refractivity contribution < 1.29 is 15.0 Å². The number of carbonyl (C=O) groups excluding carboxylic acids is 1. The zero-order valence-electron chi connectivity index (χ0n) is 14.3. The summed E-state index contributed by atoms with van der Waals surface area (Å²) in [6.07, 6.45) is 2.67. The first-order chi connectivity index (χ1) is 12.4. The van der Waals surface area contributed by atoms with Crippen LogP contribution < -0.4 is 5.32 Å². The number of aliphatic hydroxyl groups excluding tert-OH is 1. The summed E-state index contributed by atoms with van der Waals surface area (Å²) in [5.74, 6) is -0.288.